The van der Waals surface area contributed by atoms with Gasteiger partial charge in [-0.3, -0.25) is 9.36 Å². The standard InChI is InChI=1S/C28H26FN7O7/c1-2-16(24-34-15-10-6-9-14(29)17(15)26(40)35(24)13-7-4-3-5-8-13)36(25-18-23(31-11-30-18)32-12-33-25)27-21(39)19(37)20(38)22(43-27)28(41)42/h3-12,16,19-22,27,37-39H,2H2,1H3,(H,41,42)(H,30,31,32,33)/t16-,19-,20-,21+,22-,27+/m0/s1. The molecule has 5 N–H and O–H groups in total. The van der Waals surface area contributed by atoms with E-state index in [9.17, 15) is 30.0 Å². The number of aromatic amines is 1. The monoisotopic (exact) mass is 591 g/mol. The summed E-state index contributed by atoms with van der Waals surface area (Å²) >= 11 is 0. The van der Waals surface area contributed by atoms with Crippen molar-refractivity contribution in [2.24, 2.45) is 0 Å². The number of ether oxygens (including phenoxy) is 1. The maximum Gasteiger partial charge on any atom is 0.335 e. The maximum absolute atomic E-state index is 15.0. The molecule has 2 aromatic carbocycles. The SMILES string of the molecule is CC[C@@H](c1nc2cccc(F)c2c(=O)n1-c1ccccc1)N(c1ncnc2nc[nH]c12)[C@@H]1O[C@H](C(=O)O)[C@@H](O)[C@H](O)[C@H]1O. The van der Waals surface area contributed by atoms with Gasteiger partial charge in [0.1, 0.15) is 47.2 Å². The number of aromatic nitrogens is 6. The van der Waals surface area contributed by atoms with E-state index in [2.05, 4.69) is 19.9 Å². The molecular formula is C28H26FN7O7. The number of benzene rings is 2. The van der Waals surface area contributed by atoms with E-state index in [1.54, 1.807) is 37.3 Å². The zero-order chi connectivity index (χ0) is 30.4. The molecule has 1 saturated heterocycles. The molecule has 0 unspecified atom stereocenters. The van der Waals surface area contributed by atoms with Crippen LogP contribution >= 0.6 is 0 Å². The predicted molar refractivity (Wildman–Crippen MR) is 149 cm³/mol. The first-order chi connectivity index (χ1) is 20.7. The molecule has 1 aliphatic heterocycles. The van der Waals surface area contributed by atoms with Crippen LogP contribution < -0.4 is 10.5 Å². The molecule has 3 aromatic heterocycles. The van der Waals surface area contributed by atoms with E-state index in [0.717, 1.165) is 6.07 Å². The minimum absolute atomic E-state index is 0.0592. The van der Waals surface area contributed by atoms with Crippen LogP contribution in [0.15, 0.2) is 66.0 Å². The first kappa shape index (κ1) is 28.3. The van der Waals surface area contributed by atoms with Gasteiger partial charge in [-0.25, -0.2) is 29.1 Å². The van der Waals surface area contributed by atoms with Crippen LogP contribution in [0.25, 0.3) is 27.8 Å². The number of nitrogens with zero attached hydrogens (tertiary/aromatic N) is 6. The zero-order valence-corrected chi connectivity index (χ0v) is 22.5. The van der Waals surface area contributed by atoms with Gasteiger partial charge in [0.2, 0.25) is 0 Å². The van der Waals surface area contributed by atoms with Gasteiger partial charge in [-0.05, 0) is 30.7 Å². The van der Waals surface area contributed by atoms with Crippen LogP contribution in [-0.4, -0.2) is 86.5 Å². The third-order valence-corrected chi connectivity index (χ3v) is 7.46. The normalized spacial score (nSPS) is 23.0. The molecule has 0 saturated carbocycles. The van der Waals surface area contributed by atoms with Crippen molar-refractivity contribution in [1.29, 1.82) is 0 Å². The van der Waals surface area contributed by atoms with Crippen LogP contribution in [0, 0.1) is 5.82 Å². The van der Waals surface area contributed by atoms with Crippen molar-refractivity contribution in [1.82, 2.24) is 29.5 Å². The van der Waals surface area contributed by atoms with Crippen LogP contribution in [-0.2, 0) is 9.53 Å². The predicted octanol–water partition coefficient (Wildman–Crippen LogP) is 1.04. The molecule has 0 bridgehead atoms. The van der Waals surface area contributed by atoms with Crippen molar-refractivity contribution in [2.75, 3.05) is 4.90 Å². The summed E-state index contributed by atoms with van der Waals surface area (Å²) in [5.74, 6) is -2.20. The first-order valence-electron chi connectivity index (χ1n) is 13.3. The number of H-pyrrole nitrogens is 1. The van der Waals surface area contributed by atoms with Gasteiger partial charge in [-0.2, -0.15) is 0 Å². The summed E-state index contributed by atoms with van der Waals surface area (Å²) in [5.41, 5.74) is 0.200. The Balaban J connectivity index is 1.65. The topological polar surface area (TPSA) is 200 Å². The molecule has 6 atom stereocenters. The summed E-state index contributed by atoms with van der Waals surface area (Å²) in [7, 11) is 0. The fraction of sp³-hybridized carbons (Fsp3) is 0.286. The molecule has 14 nitrogen and oxygen atoms in total. The Hall–Kier alpha value is -4.83. The number of para-hydroxylation sites is 1. The lowest BCUT2D eigenvalue weighted by Gasteiger charge is -2.46. The fourth-order valence-electron chi connectivity index (χ4n) is 5.45. The highest BCUT2D eigenvalue weighted by Gasteiger charge is 2.51. The summed E-state index contributed by atoms with van der Waals surface area (Å²) in [5, 5.41) is 41.9. The van der Waals surface area contributed by atoms with Crippen LogP contribution in [0.1, 0.15) is 25.2 Å². The second-order valence-corrected chi connectivity index (χ2v) is 9.97. The number of carbonyl (C=O) groups is 1. The lowest BCUT2D eigenvalue weighted by atomic mass is 9.96. The van der Waals surface area contributed by atoms with Gasteiger partial charge in [0.15, 0.2) is 23.8 Å². The second kappa shape index (κ2) is 11.1. The summed E-state index contributed by atoms with van der Waals surface area (Å²) in [4.78, 5) is 47.7. The Morgan fingerprint density at radius 2 is 1.84 bits per heavy atom. The summed E-state index contributed by atoms with van der Waals surface area (Å²) in [6.07, 6.45) is -6.62. The van der Waals surface area contributed by atoms with E-state index in [-0.39, 0.29) is 40.1 Å². The number of hydrogen-bond donors (Lipinski definition) is 5. The van der Waals surface area contributed by atoms with Crippen LogP contribution in [0.3, 0.4) is 0 Å². The van der Waals surface area contributed by atoms with Crippen LogP contribution in [0.5, 0.6) is 0 Å². The number of carboxylic acid groups (broad SMARTS) is 1. The third kappa shape index (κ3) is 4.67. The van der Waals surface area contributed by atoms with Gasteiger partial charge in [0, 0.05) is 0 Å². The summed E-state index contributed by atoms with van der Waals surface area (Å²) < 4.78 is 22.0. The van der Waals surface area contributed by atoms with Crippen LogP contribution in [0.4, 0.5) is 10.2 Å². The third-order valence-electron chi connectivity index (χ3n) is 7.46. The highest BCUT2D eigenvalue weighted by atomic mass is 19.1. The Morgan fingerprint density at radius 3 is 2.56 bits per heavy atom. The number of fused-ring (bicyclic) bond motifs is 2. The molecule has 1 fully saturated rings. The van der Waals surface area contributed by atoms with E-state index in [0.29, 0.717) is 5.69 Å². The molecule has 5 aromatic rings. The first-order valence-corrected chi connectivity index (χ1v) is 13.3. The lowest BCUT2D eigenvalue weighted by molar-refractivity contribution is -0.228. The number of hydrogen-bond acceptors (Lipinski definition) is 11. The maximum atomic E-state index is 15.0. The molecule has 0 spiro atoms. The van der Waals surface area contributed by atoms with Gasteiger partial charge in [-0.1, -0.05) is 31.2 Å². The fourth-order valence-corrected chi connectivity index (χ4v) is 5.45. The van der Waals surface area contributed by atoms with E-state index >= 15 is 4.39 Å². The van der Waals surface area contributed by atoms with Gasteiger partial charge in [0.05, 0.1) is 23.6 Å². The highest BCUT2D eigenvalue weighted by molar-refractivity contribution is 5.83. The van der Waals surface area contributed by atoms with Crippen molar-refractivity contribution in [2.45, 2.75) is 50.0 Å². The Kier molecular flexibility index (Phi) is 7.31. The number of aliphatic hydroxyl groups is 3. The van der Waals surface area contributed by atoms with Crippen LogP contribution in [0.2, 0.25) is 0 Å². The van der Waals surface area contributed by atoms with E-state index in [1.807, 2.05) is 0 Å². The molecule has 4 heterocycles. The van der Waals surface area contributed by atoms with Gasteiger partial charge in [0.25, 0.3) is 5.56 Å². The number of anilines is 1. The molecule has 0 amide bonds. The molecule has 1 aliphatic rings. The lowest BCUT2D eigenvalue weighted by Crippen LogP contribution is -2.65. The number of rotatable bonds is 7. The summed E-state index contributed by atoms with van der Waals surface area (Å²) in [6.45, 7) is 1.75. The highest BCUT2D eigenvalue weighted by Crippen LogP contribution is 2.38. The van der Waals surface area contributed by atoms with E-state index in [4.69, 9.17) is 9.72 Å². The minimum atomic E-state index is -1.95. The van der Waals surface area contributed by atoms with Gasteiger partial charge >= 0.3 is 5.97 Å². The van der Waals surface area contributed by atoms with E-state index < -0.39 is 54.0 Å². The number of halogens is 1. The van der Waals surface area contributed by atoms with Crippen molar-refractivity contribution < 1.29 is 34.3 Å². The quantitative estimate of drug-likeness (QED) is 0.180. The average molecular weight is 592 g/mol. The number of imidazole rings is 1. The number of carboxylic acids is 1. The number of nitrogens with one attached hydrogen (secondary N) is 1. The smallest absolute Gasteiger partial charge is 0.335 e. The zero-order valence-electron chi connectivity index (χ0n) is 22.5. The number of aliphatic carboxylic acids is 1. The van der Waals surface area contributed by atoms with Crippen molar-refractivity contribution in [3.8, 4) is 5.69 Å². The second-order valence-electron chi connectivity index (χ2n) is 9.97. The molecule has 43 heavy (non-hydrogen) atoms. The average Bonchev–Trinajstić information content (AvgIpc) is 3.49. The van der Waals surface area contributed by atoms with Crippen molar-refractivity contribution >= 4 is 33.9 Å². The van der Waals surface area contributed by atoms with Gasteiger partial charge in [-0.15, -0.1) is 0 Å². The Labute approximate surface area is 241 Å². The molecule has 0 radical (unpaired) electrons. The molecule has 222 valence electrons. The summed E-state index contributed by atoms with van der Waals surface area (Å²) in [6, 6.07) is 11.4. The molecule has 15 heteroatoms. The largest absolute Gasteiger partial charge is 0.479 e. The Bertz CT molecular complexity index is 1870. The molecule has 0 aliphatic carbocycles. The van der Waals surface area contributed by atoms with Crippen molar-refractivity contribution in [3.05, 3.63) is 83.2 Å². The van der Waals surface area contributed by atoms with Gasteiger partial charge < -0.3 is 35.0 Å². The molecular weight excluding hydrogens is 565 g/mol. The minimum Gasteiger partial charge on any atom is -0.479 e. The molecule has 6 rings (SSSR count). The van der Waals surface area contributed by atoms with Crippen molar-refractivity contribution in [3.63, 3.8) is 0 Å². The number of aliphatic hydroxyl groups excluding tert-OH is 3. The Morgan fingerprint density at radius 1 is 1.07 bits per heavy atom. The van der Waals surface area contributed by atoms with E-state index in [1.165, 1.54) is 34.3 Å².